The molecule has 0 aliphatic rings. The Bertz CT molecular complexity index is 343. The molecule has 0 aromatic heterocycles. The molecule has 3 N–H and O–H groups in total. The highest BCUT2D eigenvalue weighted by atomic mass is 16.4. The van der Waals surface area contributed by atoms with E-state index in [1.165, 1.54) is 16.7 Å². The normalized spacial score (nSPS) is 13.3. The SMILES string of the molecule is CCN(CC(=O)N(C)C)C(=O)NC(C(=O)O)C(C)O. The van der Waals surface area contributed by atoms with Gasteiger partial charge < -0.3 is 25.3 Å². The zero-order valence-electron chi connectivity index (χ0n) is 11.6. The van der Waals surface area contributed by atoms with Crippen molar-refractivity contribution >= 4 is 17.9 Å². The van der Waals surface area contributed by atoms with Gasteiger partial charge in [0.25, 0.3) is 0 Å². The number of hydrogen-bond acceptors (Lipinski definition) is 4. The molecule has 0 bridgehead atoms. The number of aliphatic hydroxyl groups is 1. The third-order valence-electron chi connectivity index (χ3n) is 2.52. The fraction of sp³-hybridized carbons (Fsp3) is 0.727. The summed E-state index contributed by atoms with van der Waals surface area (Å²) < 4.78 is 0. The van der Waals surface area contributed by atoms with Crippen LogP contribution in [0.1, 0.15) is 13.8 Å². The second-order valence-electron chi connectivity index (χ2n) is 4.31. The van der Waals surface area contributed by atoms with Gasteiger partial charge in [0.05, 0.1) is 6.10 Å². The average molecular weight is 275 g/mol. The van der Waals surface area contributed by atoms with Gasteiger partial charge in [0.15, 0.2) is 6.04 Å². The van der Waals surface area contributed by atoms with E-state index in [0.29, 0.717) is 0 Å². The Morgan fingerprint density at radius 3 is 2.11 bits per heavy atom. The van der Waals surface area contributed by atoms with Crippen LogP contribution in [0.4, 0.5) is 4.79 Å². The van der Waals surface area contributed by atoms with E-state index in [9.17, 15) is 19.5 Å². The molecule has 3 amide bonds. The van der Waals surface area contributed by atoms with Crippen molar-refractivity contribution in [3.05, 3.63) is 0 Å². The van der Waals surface area contributed by atoms with Gasteiger partial charge in [-0.05, 0) is 13.8 Å². The highest BCUT2D eigenvalue weighted by Gasteiger charge is 2.27. The van der Waals surface area contributed by atoms with Gasteiger partial charge in [0.2, 0.25) is 5.91 Å². The van der Waals surface area contributed by atoms with E-state index < -0.39 is 24.1 Å². The number of aliphatic carboxylic acids is 1. The fourth-order valence-electron chi connectivity index (χ4n) is 1.24. The van der Waals surface area contributed by atoms with Gasteiger partial charge in [-0.15, -0.1) is 0 Å². The minimum Gasteiger partial charge on any atom is -0.480 e. The van der Waals surface area contributed by atoms with Crippen LogP contribution in [0, 0.1) is 0 Å². The van der Waals surface area contributed by atoms with Crippen LogP contribution in [0.2, 0.25) is 0 Å². The van der Waals surface area contributed by atoms with E-state index in [0.717, 1.165) is 0 Å². The summed E-state index contributed by atoms with van der Waals surface area (Å²) in [5, 5.41) is 20.3. The molecule has 8 nitrogen and oxygen atoms in total. The molecular formula is C11H21N3O5. The van der Waals surface area contributed by atoms with Crippen molar-refractivity contribution in [2.75, 3.05) is 27.2 Å². The van der Waals surface area contributed by atoms with Crippen LogP contribution in [-0.2, 0) is 9.59 Å². The van der Waals surface area contributed by atoms with E-state index in [4.69, 9.17) is 5.11 Å². The van der Waals surface area contributed by atoms with Crippen molar-refractivity contribution in [3.63, 3.8) is 0 Å². The second-order valence-corrected chi connectivity index (χ2v) is 4.31. The number of urea groups is 1. The van der Waals surface area contributed by atoms with Crippen molar-refractivity contribution < 1.29 is 24.6 Å². The summed E-state index contributed by atoms with van der Waals surface area (Å²) in [6, 6.07) is -2.11. The molecule has 0 saturated carbocycles. The Kier molecular flexibility index (Phi) is 6.84. The molecule has 0 radical (unpaired) electrons. The van der Waals surface area contributed by atoms with Gasteiger partial charge in [-0.2, -0.15) is 0 Å². The van der Waals surface area contributed by atoms with Crippen LogP contribution >= 0.6 is 0 Å². The molecular weight excluding hydrogens is 254 g/mol. The maximum Gasteiger partial charge on any atom is 0.328 e. The maximum atomic E-state index is 11.8. The highest BCUT2D eigenvalue weighted by Crippen LogP contribution is 1.97. The van der Waals surface area contributed by atoms with Crippen molar-refractivity contribution in [2.45, 2.75) is 26.0 Å². The predicted octanol–water partition coefficient (Wildman–Crippen LogP) is -1.06. The minimum absolute atomic E-state index is 0.151. The van der Waals surface area contributed by atoms with E-state index in [1.807, 2.05) is 0 Å². The fourth-order valence-corrected chi connectivity index (χ4v) is 1.24. The predicted molar refractivity (Wildman–Crippen MR) is 67.6 cm³/mol. The van der Waals surface area contributed by atoms with Gasteiger partial charge in [0.1, 0.15) is 6.54 Å². The first-order valence-electron chi connectivity index (χ1n) is 5.87. The van der Waals surface area contributed by atoms with Crippen molar-refractivity contribution in [3.8, 4) is 0 Å². The summed E-state index contributed by atoms with van der Waals surface area (Å²) in [5.41, 5.74) is 0. The number of carboxylic acid groups (broad SMARTS) is 1. The monoisotopic (exact) mass is 275 g/mol. The molecule has 0 aliphatic heterocycles. The van der Waals surface area contributed by atoms with Crippen LogP contribution in [0.25, 0.3) is 0 Å². The smallest absolute Gasteiger partial charge is 0.328 e. The summed E-state index contributed by atoms with van der Waals surface area (Å²) >= 11 is 0. The molecule has 0 rings (SSSR count). The standard InChI is InChI=1S/C11H21N3O5/c1-5-14(6-8(16)13(3)4)11(19)12-9(7(2)15)10(17)18/h7,9,15H,5-6H2,1-4H3,(H,12,19)(H,17,18). The Balaban J connectivity index is 4.67. The quantitative estimate of drug-likeness (QED) is 0.572. The lowest BCUT2D eigenvalue weighted by molar-refractivity contribution is -0.141. The number of hydrogen-bond donors (Lipinski definition) is 3. The number of nitrogens with one attached hydrogen (secondary N) is 1. The van der Waals surface area contributed by atoms with Crippen molar-refractivity contribution in [1.29, 1.82) is 0 Å². The zero-order chi connectivity index (χ0) is 15.2. The second kappa shape index (κ2) is 7.57. The third kappa shape index (κ3) is 5.56. The first-order valence-corrected chi connectivity index (χ1v) is 5.87. The molecule has 0 heterocycles. The molecule has 0 fully saturated rings. The minimum atomic E-state index is -1.41. The lowest BCUT2D eigenvalue weighted by Crippen LogP contribution is -2.53. The summed E-state index contributed by atoms with van der Waals surface area (Å²) in [6.07, 6.45) is -1.23. The van der Waals surface area contributed by atoms with Crippen LogP contribution < -0.4 is 5.32 Å². The molecule has 2 atom stereocenters. The maximum absolute atomic E-state index is 11.8. The Morgan fingerprint density at radius 2 is 1.79 bits per heavy atom. The van der Waals surface area contributed by atoms with E-state index in [2.05, 4.69) is 5.32 Å². The largest absolute Gasteiger partial charge is 0.480 e. The van der Waals surface area contributed by atoms with Gasteiger partial charge >= 0.3 is 12.0 Å². The molecule has 0 aliphatic carbocycles. The number of rotatable bonds is 6. The summed E-state index contributed by atoms with van der Waals surface area (Å²) in [4.78, 5) is 36.7. The number of aliphatic hydroxyl groups excluding tert-OH is 1. The first-order chi connectivity index (χ1) is 8.70. The molecule has 0 aromatic rings. The van der Waals surface area contributed by atoms with Crippen molar-refractivity contribution in [2.24, 2.45) is 0 Å². The number of amides is 3. The van der Waals surface area contributed by atoms with Crippen molar-refractivity contribution in [1.82, 2.24) is 15.1 Å². The lowest BCUT2D eigenvalue weighted by atomic mass is 10.2. The number of likely N-dealkylation sites (N-methyl/N-ethyl adjacent to an activating group) is 2. The van der Waals surface area contributed by atoms with E-state index in [-0.39, 0.29) is 19.0 Å². The molecule has 0 spiro atoms. The van der Waals surface area contributed by atoms with Crippen LogP contribution in [0.15, 0.2) is 0 Å². The Labute approximate surface area is 112 Å². The number of carbonyl (C=O) groups is 3. The first kappa shape index (κ1) is 17.2. The zero-order valence-corrected chi connectivity index (χ0v) is 11.6. The average Bonchev–Trinajstić information content (AvgIpc) is 2.31. The molecule has 2 unspecified atom stereocenters. The van der Waals surface area contributed by atoms with Gasteiger partial charge in [-0.3, -0.25) is 4.79 Å². The van der Waals surface area contributed by atoms with Gasteiger partial charge in [-0.25, -0.2) is 9.59 Å². The molecule has 0 saturated heterocycles. The third-order valence-corrected chi connectivity index (χ3v) is 2.52. The van der Waals surface area contributed by atoms with Gasteiger partial charge in [0, 0.05) is 20.6 Å². The molecule has 0 aromatic carbocycles. The van der Waals surface area contributed by atoms with Gasteiger partial charge in [-0.1, -0.05) is 0 Å². The Hall–Kier alpha value is -1.83. The van der Waals surface area contributed by atoms with E-state index >= 15 is 0 Å². The number of nitrogens with zero attached hydrogens (tertiary/aromatic N) is 2. The topological polar surface area (TPSA) is 110 Å². The summed E-state index contributed by atoms with van der Waals surface area (Å²) in [7, 11) is 3.12. The molecule has 110 valence electrons. The summed E-state index contributed by atoms with van der Waals surface area (Å²) in [6.45, 7) is 3.03. The highest BCUT2D eigenvalue weighted by molar-refractivity contribution is 5.86. The van der Waals surface area contributed by atoms with Crippen LogP contribution in [0.5, 0.6) is 0 Å². The molecule has 19 heavy (non-hydrogen) atoms. The number of carbonyl (C=O) groups excluding carboxylic acids is 2. The number of carboxylic acids is 1. The lowest BCUT2D eigenvalue weighted by Gasteiger charge is -2.25. The van der Waals surface area contributed by atoms with Crippen LogP contribution in [-0.4, -0.2) is 77.3 Å². The molecule has 8 heteroatoms. The van der Waals surface area contributed by atoms with Crippen LogP contribution in [0.3, 0.4) is 0 Å². The van der Waals surface area contributed by atoms with E-state index in [1.54, 1.807) is 21.0 Å². The summed E-state index contributed by atoms with van der Waals surface area (Å²) in [5.74, 6) is -1.61. The Morgan fingerprint density at radius 1 is 1.26 bits per heavy atom.